The molecule has 1 aliphatic heterocycles. The van der Waals surface area contributed by atoms with Crippen molar-refractivity contribution < 1.29 is 17.5 Å². The minimum Gasteiger partial charge on any atom is -0.299 e. The van der Waals surface area contributed by atoms with Crippen LogP contribution < -0.4 is 0 Å². The van der Waals surface area contributed by atoms with Gasteiger partial charge in [0.25, 0.3) is 0 Å². The minimum absolute atomic E-state index is 0.114. The molecule has 0 bridgehead atoms. The summed E-state index contributed by atoms with van der Waals surface area (Å²) in [5.41, 5.74) is 0. The Balaban J connectivity index is 2.20. The van der Waals surface area contributed by atoms with Gasteiger partial charge in [-0.25, -0.2) is 8.42 Å². The highest BCUT2D eigenvalue weighted by Crippen LogP contribution is 2.41. The lowest BCUT2D eigenvalue weighted by molar-refractivity contribution is 0.402. The van der Waals surface area contributed by atoms with Crippen LogP contribution in [0.5, 0.6) is 0 Å². The Morgan fingerprint density at radius 3 is 2.11 bits per heavy atom. The lowest BCUT2D eigenvalue weighted by Crippen LogP contribution is -2.42. The van der Waals surface area contributed by atoms with Gasteiger partial charge < -0.3 is 0 Å². The first-order valence-corrected chi connectivity index (χ1v) is 9.42. The van der Waals surface area contributed by atoms with Gasteiger partial charge in [0.05, 0.1) is 16.4 Å². The van der Waals surface area contributed by atoms with E-state index in [9.17, 15) is 17.5 Å². The van der Waals surface area contributed by atoms with Crippen LogP contribution in [0.4, 0.5) is 0 Å². The SMILES string of the molecule is O=S(=O)(c1ccc(Br)cc1)N1CCS(O)(O)CC1. The van der Waals surface area contributed by atoms with Crippen molar-refractivity contribution in [1.29, 1.82) is 0 Å². The van der Waals surface area contributed by atoms with Gasteiger partial charge in [0.2, 0.25) is 10.0 Å². The maximum atomic E-state index is 12.3. The highest BCUT2D eigenvalue weighted by molar-refractivity contribution is 9.10. The Bertz CT molecular complexity index is 519. The maximum absolute atomic E-state index is 12.3. The first kappa shape index (κ1) is 14.3. The summed E-state index contributed by atoms with van der Waals surface area (Å²) in [6.45, 7) is 0.307. The first-order chi connectivity index (χ1) is 8.31. The van der Waals surface area contributed by atoms with E-state index in [2.05, 4.69) is 15.9 Å². The molecule has 1 aliphatic rings. The van der Waals surface area contributed by atoms with E-state index in [4.69, 9.17) is 0 Å². The van der Waals surface area contributed by atoms with Gasteiger partial charge >= 0.3 is 0 Å². The molecule has 1 fully saturated rings. The molecule has 0 saturated carbocycles. The average Bonchev–Trinajstić information content (AvgIpc) is 2.29. The quantitative estimate of drug-likeness (QED) is 0.852. The Morgan fingerprint density at radius 1 is 1.11 bits per heavy atom. The predicted octanol–water partition coefficient (Wildman–Crippen LogP) is 2.20. The van der Waals surface area contributed by atoms with E-state index in [-0.39, 0.29) is 29.5 Å². The predicted molar refractivity (Wildman–Crippen MR) is 75.5 cm³/mol. The fraction of sp³-hybridized carbons (Fsp3) is 0.400. The standard InChI is InChI=1S/C10H14BrNO4S2/c11-9-1-3-10(4-2-9)18(15,16)12-5-7-17(13,14)8-6-12/h1-4,13-14H,5-8H2. The summed E-state index contributed by atoms with van der Waals surface area (Å²) in [5, 5.41) is 0. The van der Waals surface area contributed by atoms with Crippen LogP contribution in [-0.2, 0) is 10.0 Å². The fourth-order valence-electron chi connectivity index (χ4n) is 1.71. The van der Waals surface area contributed by atoms with Crippen LogP contribution in [0.15, 0.2) is 33.6 Å². The molecule has 0 amide bonds. The molecule has 0 radical (unpaired) electrons. The summed E-state index contributed by atoms with van der Waals surface area (Å²) in [5.74, 6) is 0.228. The smallest absolute Gasteiger partial charge is 0.243 e. The molecule has 5 nitrogen and oxygen atoms in total. The Morgan fingerprint density at radius 2 is 1.61 bits per heavy atom. The molecule has 0 spiro atoms. The van der Waals surface area contributed by atoms with E-state index in [0.29, 0.717) is 0 Å². The van der Waals surface area contributed by atoms with Gasteiger partial charge in [-0.05, 0) is 24.3 Å². The van der Waals surface area contributed by atoms with E-state index in [1.54, 1.807) is 12.1 Å². The van der Waals surface area contributed by atoms with Crippen LogP contribution in [0.25, 0.3) is 0 Å². The molecule has 1 aromatic rings. The zero-order chi connectivity index (χ0) is 13.4. The summed E-state index contributed by atoms with van der Waals surface area (Å²) in [4.78, 5) is 0.226. The third-order valence-electron chi connectivity index (χ3n) is 2.79. The second-order valence-corrected chi connectivity index (χ2v) is 9.34. The van der Waals surface area contributed by atoms with Crippen molar-refractivity contribution >= 4 is 36.5 Å². The second-order valence-electron chi connectivity index (χ2n) is 4.07. The van der Waals surface area contributed by atoms with Crippen molar-refractivity contribution in [2.24, 2.45) is 0 Å². The summed E-state index contributed by atoms with van der Waals surface area (Å²) in [6, 6.07) is 6.41. The normalized spacial score (nSPS) is 22.6. The molecule has 1 heterocycles. The number of benzene rings is 1. The lowest BCUT2D eigenvalue weighted by Gasteiger charge is -2.40. The largest absolute Gasteiger partial charge is 0.299 e. The molecule has 18 heavy (non-hydrogen) atoms. The van der Waals surface area contributed by atoms with Gasteiger partial charge in [-0.15, -0.1) is 0 Å². The minimum atomic E-state index is -3.53. The van der Waals surface area contributed by atoms with Gasteiger partial charge in [-0.2, -0.15) is 14.9 Å². The number of sulfonamides is 1. The molecule has 2 N–H and O–H groups in total. The molecule has 8 heteroatoms. The number of rotatable bonds is 2. The topological polar surface area (TPSA) is 77.8 Å². The molecule has 1 saturated heterocycles. The molecule has 2 rings (SSSR count). The van der Waals surface area contributed by atoms with Gasteiger partial charge in [-0.3, -0.25) is 9.11 Å². The van der Waals surface area contributed by atoms with Crippen molar-refractivity contribution in [3.63, 3.8) is 0 Å². The van der Waals surface area contributed by atoms with Gasteiger partial charge in [0.15, 0.2) is 0 Å². The van der Waals surface area contributed by atoms with Crippen LogP contribution in [0, 0.1) is 0 Å². The van der Waals surface area contributed by atoms with Crippen LogP contribution in [0.2, 0.25) is 0 Å². The second kappa shape index (κ2) is 5.10. The van der Waals surface area contributed by atoms with E-state index in [1.807, 2.05) is 0 Å². The summed E-state index contributed by atoms with van der Waals surface area (Å²) in [6.07, 6.45) is 0. The Kier molecular flexibility index (Phi) is 4.05. The van der Waals surface area contributed by atoms with Gasteiger partial charge in [-0.1, -0.05) is 15.9 Å². The number of hydrogen-bond acceptors (Lipinski definition) is 4. The summed E-state index contributed by atoms with van der Waals surface area (Å²) >= 11 is 3.25. The maximum Gasteiger partial charge on any atom is 0.243 e. The van der Waals surface area contributed by atoms with E-state index >= 15 is 0 Å². The molecule has 0 aliphatic carbocycles. The van der Waals surface area contributed by atoms with Gasteiger partial charge in [0.1, 0.15) is 0 Å². The Hall–Kier alpha value is -0.120. The highest BCUT2D eigenvalue weighted by atomic mass is 79.9. The number of nitrogens with zero attached hydrogens (tertiary/aromatic N) is 1. The van der Waals surface area contributed by atoms with Crippen LogP contribution in [-0.4, -0.2) is 46.4 Å². The van der Waals surface area contributed by atoms with Crippen LogP contribution in [0.3, 0.4) is 0 Å². The van der Waals surface area contributed by atoms with Gasteiger partial charge in [0, 0.05) is 17.6 Å². The summed E-state index contributed by atoms with van der Waals surface area (Å²) < 4.78 is 45.6. The molecule has 0 unspecified atom stereocenters. The Labute approximate surface area is 116 Å². The van der Waals surface area contributed by atoms with Crippen LogP contribution >= 0.6 is 26.5 Å². The molecule has 102 valence electrons. The van der Waals surface area contributed by atoms with E-state index in [1.165, 1.54) is 16.4 Å². The first-order valence-electron chi connectivity index (χ1n) is 5.31. The molecular formula is C10H14BrNO4S2. The zero-order valence-electron chi connectivity index (χ0n) is 9.49. The van der Waals surface area contributed by atoms with Crippen molar-refractivity contribution in [1.82, 2.24) is 4.31 Å². The van der Waals surface area contributed by atoms with Crippen molar-refractivity contribution in [2.75, 3.05) is 24.6 Å². The molecule has 1 aromatic carbocycles. The highest BCUT2D eigenvalue weighted by Gasteiger charge is 2.31. The third kappa shape index (κ3) is 3.06. The zero-order valence-corrected chi connectivity index (χ0v) is 12.7. The van der Waals surface area contributed by atoms with E-state index in [0.717, 1.165) is 4.47 Å². The average molecular weight is 356 g/mol. The van der Waals surface area contributed by atoms with Crippen molar-refractivity contribution in [2.45, 2.75) is 4.90 Å². The third-order valence-corrected chi connectivity index (χ3v) is 6.90. The fourth-order valence-corrected chi connectivity index (χ4v) is 4.87. The number of halogens is 1. The monoisotopic (exact) mass is 355 g/mol. The number of hydrogen-bond donors (Lipinski definition) is 2. The lowest BCUT2D eigenvalue weighted by atomic mass is 10.4. The van der Waals surface area contributed by atoms with E-state index < -0.39 is 20.6 Å². The van der Waals surface area contributed by atoms with Crippen molar-refractivity contribution in [3.05, 3.63) is 28.7 Å². The summed E-state index contributed by atoms with van der Waals surface area (Å²) in [7, 11) is -6.10. The molecule has 0 aromatic heterocycles. The molecular weight excluding hydrogens is 342 g/mol. The van der Waals surface area contributed by atoms with Crippen LogP contribution in [0.1, 0.15) is 0 Å². The molecule has 0 atom stereocenters. The van der Waals surface area contributed by atoms with Crippen molar-refractivity contribution in [3.8, 4) is 0 Å².